The molecule has 1 amide bonds. The van der Waals surface area contributed by atoms with Crippen molar-refractivity contribution in [2.24, 2.45) is 5.92 Å². The van der Waals surface area contributed by atoms with Crippen LogP contribution in [0.15, 0.2) is 48.0 Å². The highest BCUT2D eigenvalue weighted by Crippen LogP contribution is 2.36. The van der Waals surface area contributed by atoms with Crippen molar-refractivity contribution < 1.29 is 14.3 Å². The maximum absolute atomic E-state index is 13.5. The molecule has 1 atom stereocenters. The van der Waals surface area contributed by atoms with Crippen LogP contribution in [0.2, 0.25) is 0 Å². The van der Waals surface area contributed by atoms with Gasteiger partial charge in [0.2, 0.25) is 5.91 Å². The number of pyridine rings is 1. The predicted octanol–water partition coefficient (Wildman–Crippen LogP) is 5.34. The molecule has 1 unspecified atom stereocenters. The summed E-state index contributed by atoms with van der Waals surface area (Å²) in [6.45, 7) is 8.83. The lowest BCUT2D eigenvalue weighted by molar-refractivity contribution is -0.139. The molecule has 0 spiro atoms. The number of anilines is 2. The highest BCUT2D eigenvalue weighted by molar-refractivity contribution is 7.14. The summed E-state index contributed by atoms with van der Waals surface area (Å²) in [5.74, 6) is 1.64. The van der Waals surface area contributed by atoms with Gasteiger partial charge in [-0.2, -0.15) is 0 Å². The van der Waals surface area contributed by atoms with E-state index >= 15 is 0 Å². The maximum Gasteiger partial charge on any atom is 0.236 e. The summed E-state index contributed by atoms with van der Waals surface area (Å²) in [6.07, 6.45) is 6.21. The van der Waals surface area contributed by atoms with Crippen LogP contribution in [0.25, 0.3) is 16.9 Å². The molecule has 0 bridgehead atoms. The van der Waals surface area contributed by atoms with Gasteiger partial charge < -0.3 is 14.9 Å². The number of aromatic nitrogens is 3. The summed E-state index contributed by atoms with van der Waals surface area (Å²) >= 11 is 1.59. The van der Waals surface area contributed by atoms with E-state index in [0.29, 0.717) is 25.6 Å². The molecule has 10 heteroatoms. The van der Waals surface area contributed by atoms with Crippen molar-refractivity contribution in [3.8, 4) is 11.3 Å². The number of amides is 1. The molecule has 0 radical (unpaired) electrons. The highest BCUT2D eigenvalue weighted by Gasteiger charge is 2.31. The number of hydrogen-bond acceptors (Lipinski definition) is 7. The first kappa shape index (κ1) is 28.8. The number of fused-ring (bicyclic) bond motifs is 1. The van der Waals surface area contributed by atoms with Gasteiger partial charge in [-0.3, -0.25) is 14.1 Å². The molecule has 5 heterocycles. The average Bonchev–Trinajstić information content (AvgIpc) is 3.53. The Bertz CT molecular complexity index is 1530. The summed E-state index contributed by atoms with van der Waals surface area (Å²) in [6, 6.07) is 10.8. The predicted molar refractivity (Wildman–Crippen MR) is 165 cm³/mol. The summed E-state index contributed by atoms with van der Waals surface area (Å²) < 4.78 is 15.7. The van der Waals surface area contributed by atoms with Crippen LogP contribution in [0.3, 0.4) is 0 Å². The molecule has 2 fully saturated rings. The van der Waals surface area contributed by atoms with Gasteiger partial charge >= 0.3 is 0 Å². The number of aliphatic hydroxyl groups excluding tert-OH is 1. The number of rotatable bonds is 9. The van der Waals surface area contributed by atoms with Crippen LogP contribution in [-0.4, -0.2) is 81.1 Å². The van der Waals surface area contributed by atoms with Crippen molar-refractivity contribution in [3.63, 3.8) is 0 Å². The largest absolute Gasteiger partial charge is 0.396 e. The van der Waals surface area contributed by atoms with E-state index in [9.17, 15) is 14.3 Å². The van der Waals surface area contributed by atoms with E-state index < -0.39 is 0 Å². The standard InChI is InChI=1S/C32H39FN6O2S/c1-3-27-31(38(4-2)32-35-28(21-42-32)24-7-10-26(33)11-8-24)39-18-25(9-12-29(39)34-27)23-6-5-14-36(15-13-23)19-30(41)37-16-22(17-37)20-40/h7-12,18,21-23,40H,3-6,13-17,19-20H2,1-2H3. The fourth-order valence-corrected chi connectivity index (χ4v) is 7.11. The smallest absolute Gasteiger partial charge is 0.236 e. The fraction of sp³-hybridized carbons (Fsp3) is 0.469. The number of hydrogen-bond donors (Lipinski definition) is 1. The lowest BCUT2D eigenvalue weighted by atomic mass is 9.93. The Morgan fingerprint density at radius 3 is 2.64 bits per heavy atom. The molecule has 1 aromatic carbocycles. The minimum atomic E-state index is -0.253. The molecule has 2 aliphatic heterocycles. The number of halogens is 1. The lowest BCUT2D eigenvalue weighted by Crippen LogP contribution is -2.54. The molecule has 2 saturated heterocycles. The Hall–Kier alpha value is -3.34. The first-order chi connectivity index (χ1) is 20.5. The van der Waals surface area contributed by atoms with Crippen molar-refractivity contribution in [1.29, 1.82) is 0 Å². The van der Waals surface area contributed by atoms with E-state index in [-0.39, 0.29) is 24.2 Å². The first-order valence-electron chi connectivity index (χ1n) is 15.1. The molecule has 42 heavy (non-hydrogen) atoms. The topological polar surface area (TPSA) is 77.2 Å². The molecule has 4 aromatic rings. The van der Waals surface area contributed by atoms with Crippen molar-refractivity contribution in [1.82, 2.24) is 24.2 Å². The molecule has 0 aliphatic carbocycles. The Balaban J connectivity index is 1.21. The number of carbonyl (C=O) groups is 1. The monoisotopic (exact) mass is 590 g/mol. The molecular weight excluding hydrogens is 551 g/mol. The second kappa shape index (κ2) is 12.5. The van der Waals surface area contributed by atoms with E-state index in [0.717, 1.165) is 78.9 Å². The first-order valence-corrected chi connectivity index (χ1v) is 16.0. The van der Waals surface area contributed by atoms with Gasteiger partial charge in [-0.05, 0) is 87.5 Å². The second-order valence-electron chi connectivity index (χ2n) is 11.4. The molecule has 222 valence electrons. The van der Waals surface area contributed by atoms with E-state index in [1.807, 2.05) is 10.3 Å². The van der Waals surface area contributed by atoms with Gasteiger partial charge in [-0.15, -0.1) is 11.3 Å². The number of likely N-dealkylation sites (tertiary alicyclic amines) is 2. The van der Waals surface area contributed by atoms with E-state index in [4.69, 9.17) is 9.97 Å². The zero-order chi connectivity index (χ0) is 29.2. The SMILES string of the molecule is CCc1nc2ccc(C3CCCN(CC(=O)N4CC(CO)C4)CC3)cn2c1N(CC)c1nc(-c2ccc(F)cc2)cs1. The third kappa shape index (κ3) is 5.80. The molecule has 8 nitrogen and oxygen atoms in total. The average molecular weight is 591 g/mol. The van der Waals surface area contributed by atoms with Crippen LogP contribution >= 0.6 is 11.3 Å². The van der Waals surface area contributed by atoms with Crippen LogP contribution in [-0.2, 0) is 11.2 Å². The Morgan fingerprint density at radius 2 is 1.90 bits per heavy atom. The van der Waals surface area contributed by atoms with Crippen molar-refractivity contribution in [2.75, 3.05) is 50.8 Å². The second-order valence-corrected chi connectivity index (χ2v) is 12.3. The zero-order valence-electron chi connectivity index (χ0n) is 24.4. The fourth-order valence-electron chi connectivity index (χ4n) is 6.21. The molecule has 1 N–H and O–H groups in total. The van der Waals surface area contributed by atoms with Gasteiger partial charge in [0.05, 0.1) is 17.9 Å². The van der Waals surface area contributed by atoms with Crippen molar-refractivity contribution in [2.45, 2.75) is 45.4 Å². The molecule has 3 aromatic heterocycles. The maximum atomic E-state index is 13.5. The normalized spacial score (nSPS) is 18.3. The number of nitrogens with zero attached hydrogens (tertiary/aromatic N) is 6. The number of benzene rings is 1. The summed E-state index contributed by atoms with van der Waals surface area (Å²) in [7, 11) is 0. The minimum absolute atomic E-state index is 0.161. The van der Waals surface area contributed by atoms with Crippen LogP contribution in [0.5, 0.6) is 0 Å². The number of aliphatic hydroxyl groups is 1. The molecule has 0 saturated carbocycles. The van der Waals surface area contributed by atoms with Crippen LogP contribution in [0.1, 0.15) is 50.3 Å². The van der Waals surface area contributed by atoms with Gasteiger partial charge in [0, 0.05) is 49.3 Å². The van der Waals surface area contributed by atoms with E-state index in [2.05, 4.69) is 46.4 Å². The Labute approximate surface area is 250 Å². The third-order valence-electron chi connectivity index (χ3n) is 8.67. The molecule has 2 aliphatic rings. The number of thiazole rings is 1. The summed E-state index contributed by atoms with van der Waals surface area (Å²) in [4.78, 5) is 29.0. The van der Waals surface area contributed by atoms with Crippen molar-refractivity contribution in [3.05, 3.63) is 65.0 Å². The van der Waals surface area contributed by atoms with E-state index in [1.165, 1.54) is 17.7 Å². The number of aryl methyl sites for hydroxylation is 1. The van der Waals surface area contributed by atoms with Gasteiger partial charge in [0.25, 0.3) is 0 Å². The third-order valence-corrected chi connectivity index (χ3v) is 9.54. The Kier molecular flexibility index (Phi) is 8.55. The molecule has 6 rings (SSSR count). The van der Waals surface area contributed by atoms with Crippen LogP contribution < -0.4 is 4.90 Å². The minimum Gasteiger partial charge on any atom is -0.396 e. The van der Waals surface area contributed by atoms with Gasteiger partial charge in [-0.25, -0.2) is 14.4 Å². The quantitative estimate of drug-likeness (QED) is 0.284. The number of carbonyl (C=O) groups excluding carboxylic acids is 1. The van der Waals surface area contributed by atoms with E-state index in [1.54, 1.807) is 23.5 Å². The van der Waals surface area contributed by atoms with Gasteiger partial charge in [0.15, 0.2) is 5.13 Å². The highest BCUT2D eigenvalue weighted by atomic mass is 32.1. The van der Waals surface area contributed by atoms with Gasteiger partial charge in [-0.1, -0.05) is 13.0 Å². The summed E-state index contributed by atoms with van der Waals surface area (Å²) in [5, 5.41) is 12.2. The zero-order valence-corrected chi connectivity index (χ0v) is 25.2. The van der Waals surface area contributed by atoms with Gasteiger partial charge in [0.1, 0.15) is 17.3 Å². The number of imidazole rings is 1. The lowest BCUT2D eigenvalue weighted by Gasteiger charge is -2.39. The van der Waals surface area contributed by atoms with Crippen LogP contribution in [0, 0.1) is 11.7 Å². The Morgan fingerprint density at radius 1 is 1.10 bits per heavy atom. The molecular formula is C32H39FN6O2S. The summed E-state index contributed by atoms with van der Waals surface area (Å²) in [5.41, 5.74) is 5.00. The van der Waals surface area contributed by atoms with Crippen LogP contribution in [0.4, 0.5) is 15.3 Å². The van der Waals surface area contributed by atoms with Crippen molar-refractivity contribution >= 4 is 33.8 Å².